The maximum Gasteiger partial charge on any atom is 0.154 e. The summed E-state index contributed by atoms with van der Waals surface area (Å²) >= 11 is 0. The van der Waals surface area contributed by atoms with Gasteiger partial charge in [0.2, 0.25) is 0 Å². The highest BCUT2D eigenvalue weighted by Gasteiger charge is 2.10. The fraction of sp³-hybridized carbons (Fsp3) is 0.750. The highest BCUT2D eigenvalue weighted by atomic mass is 16.3. The lowest BCUT2D eigenvalue weighted by atomic mass is 9.96. The predicted molar refractivity (Wildman–Crippen MR) is 36.5 cm³/mol. The Labute approximate surface area is 56.4 Å². The smallest absolute Gasteiger partial charge is 0.154 e. The lowest BCUT2D eigenvalue weighted by molar-refractivity contribution is 0.260. The topological polar surface area (TPSA) is 19.9 Å². The fourth-order valence-electron chi connectivity index (χ4n) is 1.31. The van der Waals surface area contributed by atoms with Crippen LogP contribution < -0.4 is 0 Å². The molecule has 0 aromatic carbocycles. The van der Waals surface area contributed by atoms with E-state index in [9.17, 15) is 5.11 Å². The normalized spacial score (nSPS) is 20.6. The molecular formula is C8H13O. The molecule has 1 heteroatoms. The number of allylic oxidation sites excluding steroid dienone is 2. The monoisotopic (exact) mass is 125 g/mol. The van der Waals surface area contributed by atoms with Gasteiger partial charge in [0.25, 0.3) is 0 Å². The van der Waals surface area contributed by atoms with Crippen molar-refractivity contribution in [2.24, 2.45) is 0 Å². The van der Waals surface area contributed by atoms with Crippen LogP contribution in [-0.4, -0.2) is 0 Å². The Morgan fingerprint density at radius 1 is 1.33 bits per heavy atom. The summed E-state index contributed by atoms with van der Waals surface area (Å²) in [6.07, 6.45) is 5.19. The second-order valence-corrected chi connectivity index (χ2v) is 2.59. The average molecular weight is 125 g/mol. The van der Waals surface area contributed by atoms with E-state index in [1.54, 1.807) is 0 Å². The Morgan fingerprint density at radius 2 is 2.00 bits per heavy atom. The zero-order valence-electron chi connectivity index (χ0n) is 5.94. The van der Waals surface area contributed by atoms with E-state index in [2.05, 4.69) is 6.92 Å². The minimum Gasteiger partial charge on any atom is -0.295 e. The molecule has 0 spiro atoms. The largest absolute Gasteiger partial charge is 0.295 e. The van der Waals surface area contributed by atoms with Crippen molar-refractivity contribution in [3.8, 4) is 0 Å². The molecular weight excluding hydrogens is 112 g/mol. The molecule has 0 heterocycles. The highest BCUT2D eigenvalue weighted by molar-refractivity contribution is 5.09. The van der Waals surface area contributed by atoms with Crippen LogP contribution in [0, 0.1) is 0 Å². The van der Waals surface area contributed by atoms with E-state index < -0.39 is 0 Å². The van der Waals surface area contributed by atoms with Crippen molar-refractivity contribution in [1.82, 2.24) is 0 Å². The van der Waals surface area contributed by atoms with Gasteiger partial charge in [-0.3, -0.25) is 5.11 Å². The van der Waals surface area contributed by atoms with Gasteiger partial charge in [-0.25, -0.2) is 0 Å². The van der Waals surface area contributed by atoms with Gasteiger partial charge in [0.1, 0.15) is 0 Å². The summed E-state index contributed by atoms with van der Waals surface area (Å²) in [6.45, 7) is 2.07. The minimum absolute atomic E-state index is 0.420. The Bertz CT molecular complexity index is 125. The first-order chi connectivity index (χ1) is 4.34. The van der Waals surface area contributed by atoms with Crippen LogP contribution >= 0.6 is 0 Å². The molecule has 0 N–H and O–H groups in total. The maximum absolute atomic E-state index is 11.0. The van der Waals surface area contributed by atoms with Crippen LogP contribution in [0.3, 0.4) is 0 Å². The molecule has 0 atom stereocenters. The van der Waals surface area contributed by atoms with Gasteiger partial charge in [0, 0.05) is 6.42 Å². The SMILES string of the molecule is CCC1=C([O])CCCC1. The van der Waals surface area contributed by atoms with Gasteiger partial charge >= 0.3 is 0 Å². The molecule has 1 radical (unpaired) electrons. The van der Waals surface area contributed by atoms with Crippen LogP contribution in [0.2, 0.25) is 0 Å². The molecule has 1 aliphatic carbocycles. The first-order valence-corrected chi connectivity index (χ1v) is 3.72. The minimum atomic E-state index is 0.420. The van der Waals surface area contributed by atoms with Gasteiger partial charge in [0.05, 0.1) is 0 Å². The van der Waals surface area contributed by atoms with Crippen molar-refractivity contribution in [2.75, 3.05) is 0 Å². The summed E-state index contributed by atoms with van der Waals surface area (Å²) in [6, 6.07) is 0. The summed E-state index contributed by atoms with van der Waals surface area (Å²) < 4.78 is 0. The first-order valence-electron chi connectivity index (χ1n) is 3.72. The van der Waals surface area contributed by atoms with Crippen LogP contribution in [0.5, 0.6) is 0 Å². The van der Waals surface area contributed by atoms with Crippen molar-refractivity contribution >= 4 is 0 Å². The van der Waals surface area contributed by atoms with Crippen molar-refractivity contribution in [1.29, 1.82) is 0 Å². The Balaban J connectivity index is 2.59. The molecule has 0 aliphatic heterocycles. The summed E-state index contributed by atoms with van der Waals surface area (Å²) in [5.41, 5.74) is 1.17. The van der Waals surface area contributed by atoms with Crippen LogP contribution in [0.1, 0.15) is 39.0 Å². The number of hydrogen-bond acceptors (Lipinski definition) is 0. The second-order valence-electron chi connectivity index (χ2n) is 2.59. The van der Waals surface area contributed by atoms with Crippen molar-refractivity contribution in [3.05, 3.63) is 11.3 Å². The van der Waals surface area contributed by atoms with Crippen molar-refractivity contribution in [3.63, 3.8) is 0 Å². The average Bonchev–Trinajstić information content (AvgIpc) is 1.89. The third-order valence-corrected chi connectivity index (χ3v) is 1.95. The maximum atomic E-state index is 11.0. The molecule has 0 amide bonds. The summed E-state index contributed by atoms with van der Waals surface area (Å²) in [5.74, 6) is 0.420. The van der Waals surface area contributed by atoms with Gasteiger partial charge in [-0.1, -0.05) is 6.92 Å². The summed E-state index contributed by atoms with van der Waals surface area (Å²) in [4.78, 5) is 0. The zero-order valence-corrected chi connectivity index (χ0v) is 5.94. The molecule has 0 unspecified atom stereocenters. The van der Waals surface area contributed by atoms with Gasteiger partial charge in [-0.15, -0.1) is 0 Å². The molecule has 9 heavy (non-hydrogen) atoms. The Kier molecular flexibility index (Phi) is 2.15. The summed E-state index contributed by atoms with van der Waals surface area (Å²) in [5, 5.41) is 11.0. The molecule has 0 aromatic rings. The van der Waals surface area contributed by atoms with Gasteiger partial charge < -0.3 is 0 Å². The molecule has 1 aliphatic rings. The van der Waals surface area contributed by atoms with Gasteiger partial charge in [-0.05, 0) is 31.3 Å². The van der Waals surface area contributed by atoms with Crippen LogP contribution in [0.4, 0.5) is 0 Å². The molecule has 0 fully saturated rings. The second kappa shape index (κ2) is 2.90. The molecule has 1 nitrogen and oxygen atoms in total. The number of rotatable bonds is 1. The molecule has 0 aromatic heterocycles. The quantitative estimate of drug-likeness (QED) is 0.513. The molecule has 0 saturated carbocycles. The van der Waals surface area contributed by atoms with Gasteiger partial charge in [0.15, 0.2) is 5.76 Å². The lowest BCUT2D eigenvalue weighted by Crippen LogP contribution is -1.96. The van der Waals surface area contributed by atoms with E-state index in [-0.39, 0.29) is 0 Å². The predicted octanol–water partition coefficient (Wildman–Crippen LogP) is 2.66. The Hall–Kier alpha value is -0.460. The number of hydrogen-bond donors (Lipinski definition) is 0. The highest BCUT2D eigenvalue weighted by Crippen LogP contribution is 2.24. The first kappa shape index (κ1) is 6.66. The molecule has 0 bridgehead atoms. The van der Waals surface area contributed by atoms with Crippen LogP contribution in [0.15, 0.2) is 11.3 Å². The standard InChI is InChI=1S/C8H13O/c1-2-7-5-3-4-6-8(7)9/h2-6H2,1H3. The van der Waals surface area contributed by atoms with Crippen molar-refractivity contribution in [2.45, 2.75) is 39.0 Å². The molecule has 51 valence electrons. The van der Waals surface area contributed by atoms with E-state index in [0.29, 0.717) is 5.76 Å². The van der Waals surface area contributed by atoms with E-state index in [1.807, 2.05) is 0 Å². The Morgan fingerprint density at radius 3 is 2.44 bits per heavy atom. The lowest BCUT2D eigenvalue weighted by Gasteiger charge is -2.11. The molecule has 1 rings (SSSR count). The van der Waals surface area contributed by atoms with E-state index in [4.69, 9.17) is 0 Å². The molecule has 0 saturated heterocycles. The fourth-order valence-corrected chi connectivity index (χ4v) is 1.31. The van der Waals surface area contributed by atoms with Gasteiger partial charge in [-0.2, -0.15) is 0 Å². The third-order valence-electron chi connectivity index (χ3n) is 1.95. The summed E-state index contributed by atoms with van der Waals surface area (Å²) in [7, 11) is 0. The van der Waals surface area contributed by atoms with E-state index in [1.165, 1.54) is 12.0 Å². The third kappa shape index (κ3) is 1.47. The van der Waals surface area contributed by atoms with E-state index in [0.717, 1.165) is 25.7 Å². The van der Waals surface area contributed by atoms with E-state index >= 15 is 0 Å². The van der Waals surface area contributed by atoms with Crippen molar-refractivity contribution < 1.29 is 5.11 Å². The van der Waals surface area contributed by atoms with Crippen LogP contribution in [0.25, 0.3) is 0 Å². The zero-order chi connectivity index (χ0) is 6.69. The van der Waals surface area contributed by atoms with Crippen LogP contribution in [-0.2, 0) is 5.11 Å².